The summed E-state index contributed by atoms with van der Waals surface area (Å²) in [6.07, 6.45) is -1.29. The van der Waals surface area contributed by atoms with Gasteiger partial charge in [0.15, 0.2) is 0 Å². The number of alkyl halides is 3. The molecule has 36 heavy (non-hydrogen) atoms. The van der Waals surface area contributed by atoms with Crippen LogP contribution in [-0.4, -0.2) is 84.1 Å². The quantitative estimate of drug-likeness (QED) is 0.378. The molecule has 10 nitrogen and oxygen atoms in total. The van der Waals surface area contributed by atoms with E-state index in [9.17, 15) is 13.2 Å². The van der Waals surface area contributed by atoms with Gasteiger partial charge in [0.25, 0.3) is 6.43 Å². The molecule has 192 valence electrons. The van der Waals surface area contributed by atoms with E-state index in [1.54, 1.807) is 35.0 Å². The second-order valence-electron chi connectivity index (χ2n) is 8.82. The summed E-state index contributed by atoms with van der Waals surface area (Å²) in [4.78, 5) is 6.60. The topological polar surface area (TPSA) is 112 Å². The number of likely N-dealkylation sites (tertiary alicyclic amines) is 1. The second kappa shape index (κ2) is 10.3. The Labute approximate surface area is 205 Å². The van der Waals surface area contributed by atoms with Crippen molar-refractivity contribution >= 4 is 22.8 Å². The van der Waals surface area contributed by atoms with Crippen LogP contribution < -0.4 is 15.4 Å². The lowest BCUT2D eigenvalue weighted by Crippen LogP contribution is -2.57. The maximum absolute atomic E-state index is 14.9. The Morgan fingerprint density at radius 1 is 1.31 bits per heavy atom. The maximum atomic E-state index is 14.9. The minimum atomic E-state index is -2.55. The lowest BCUT2D eigenvalue weighted by atomic mass is 10.0. The van der Waals surface area contributed by atoms with Gasteiger partial charge < -0.3 is 20.1 Å². The monoisotopic (exact) mass is 504 g/mol. The van der Waals surface area contributed by atoms with Gasteiger partial charge in [-0.3, -0.25) is 4.90 Å². The molecule has 2 aliphatic heterocycles. The number of ether oxygens (including phenoxy) is 2. The van der Waals surface area contributed by atoms with E-state index in [1.807, 2.05) is 0 Å². The third-order valence-corrected chi connectivity index (χ3v) is 6.57. The molecule has 0 bridgehead atoms. The van der Waals surface area contributed by atoms with E-state index in [1.165, 1.54) is 7.11 Å². The van der Waals surface area contributed by atoms with E-state index < -0.39 is 25.2 Å². The van der Waals surface area contributed by atoms with Gasteiger partial charge in [-0.15, -0.1) is 5.10 Å². The van der Waals surface area contributed by atoms with Gasteiger partial charge in [0.05, 0.1) is 44.6 Å². The first-order valence-corrected chi connectivity index (χ1v) is 11.7. The van der Waals surface area contributed by atoms with Gasteiger partial charge in [0.1, 0.15) is 17.4 Å². The smallest absolute Gasteiger partial charge is 0.255 e. The summed E-state index contributed by atoms with van der Waals surface area (Å²) < 4.78 is 52.7. The highest BCUT2D eigenvalue weighted by molar-refractivity contribution is 5.87. The van der Waals surface area contributed by atoms with Crippen LogP contribution in [0.2, 0.25) is 0 Å². The molecule has 1 aromatic carbocycles. The third kappa shape index (κ3) is 4.80. The number of hydrogen-bond donors (Lipinski definition) is 3. The van der Waals surface area contributed by atoms with Gasteiger partial charge in [-0.1, -0.05) is 6.07 Å². The number of piperidine rings is 1. The zero-order valence-corrected chi connectivity index (χ0v) is 19.6. The normalized spacial score (nSPS) is 20.9. The molecular weight excluding hydrogens is 477 g/mol. The SMILES string of the molecule is COc1nc(N[C@@H]2CCN(C3COC3)C[C@@H]2F)nn2ccc(-c3ccc(N=N)c(NCC(F)F)c3)c12. The number of halogens is 3. The Balaban J connectivity index is 1.39. The van der Waals surface area contributed by atoms with Crippen LogP contribution in [0.3, 0.4) is 0 Å². The fourth-order valence-electron chi connectivity index (χ4n) is 4.58. The van der Waals surface area contributed by atoms with Gasteiger partial charge in [-0.05, 0) is 30.2 Å². The number of aromatic nitrogens is 3. The predicted octanol–water partition coefficient (Wildman–Crippen LogP) is 3.97. The number of anilines is 2. The van der Waals surface area contributed by atoms with Crippen molar-refractivity contribution in [3.05, 3.63) is 30.5 Å². The summed E-state index contributed by atoms with van der Waals surface area (Å²) in [5.74, 6) is 0.528. The minimum absolute atomic E-state index is 0.245. The summed E-state index contributed by atoms with van der Waals surface area (Å²) in [5.41, 5.74) is 9.82. The van der Waals surface area contributed by atoms with Crippen LogP contribution in [0, 0.1) is 5.53 Å². The number of hydrogen-bond acceptors (Lipinski definition) is 9. The molecule has 4 heterocycles. The molecule has 0 unspecified atom stereocenters. The van der Waals surface area contributed by atoms with Crippen molar-refractivity contribution in [3.8, 4) is 17.0 Å². The van der Waals surface area contributed by atoms with E-state index in [0.717, 1.165) is 6.54 Å². The van der Waals surface area contributed by atoms with E-state index in [0.29, 0.717) is 54.6 Å². The summed E-state index contributed by atoms with van der Waals surface area (Å²) in [5, 5.41) is 13.7. The van der Waals surface area contributed by atoms with Gasteiger partial charge in [0.2, 0.25) is 11.8 Å². The number of methoxy groups -OCH3 is 1. The zero-order chi connectivity index (χ0) is 25.2. The number of fused-ring (bicyclic) bond motifs is 1. The van der Waals surface area contributed by atoms with Crippen LogP contribution in [0.1, 0.15) is 6.42 Å². The average Bonchev–Trinajstić information content (AvgIpc) is 3.26. The fourth-order valence-corrected chi connectivity index (χ4v) is 4.58. The Morgan fingerprint density at radius 3 is 2.81 bits per heavy atom. The Kier molecular flexibility index (Phi) is 6.92. The van der Waals surface area contributed by atoms with Crippen molar-refractivity contribution in [1.82, 2.24) is 19.5 Å². The maximum Gasteiger partial charge on any atom is 0.255 e. The number of nitrogens with one attached hydrogen (secondary N) is 3. The third-order valence-electron chi connectivity index (χ3n) is 6.57. The van der Waals surface area contributed by atoms with Crippen LogP contribution in [0.25, 0.3) is 16.6 Å². The molecule has 13 heteroatoms. The highest BCUT2D eigenvalue weighted by Crippen LogP contribution is 2.36. The predicted molar refractivity (Wildman–Crippen MR) is 127 cm³/mol. The molecule has 2 aromatic heterocycles. The largest absolute Gasteiger partial charge is 0.479 e. The Bertz CT molecular complexity index is 1240. The van der Waals surface area contributed by atoms with E-state index in [4.69, 9.17) is 15.0 Å². The number of rotatable bonds is 9. The molecule has 0 saturated carbocycles. The van der Waals surface area contributed by atoms with Gasteiger partial charge in [-0.25, -0.2) is 23.2 Å². The molecular formula is C23H27F3N8O2. The highest BCUT2D eigenvalue weighted by atomic mass is 19.3. The standard InChI is InChI=1S/C23H27F3N8O2/c1-35-22-21-15(13-2-3-18(31-27)19(8-13)28-9-20(25)26)4-7-34(21)32-23(30-22)29-17-5-6-33(10-16(17)24)14-11-36-12-14/h2-4,7-8,14,16-17,20,27-28H,5-6,9-12H2,1H3,(H,29,32)/t16-,17+/m0/s1. The lowest BCUT2D eigenvalue weighted by Gasteiger charge is -2.42. The van der Waals surface area contributed by atoms with Crippen molar-refractivity contribution in [1.29, 1.82) is 5.53 Å². The first kappa shape index (κ1) is 24.3. The van der Waals surface area contributed by atoms with Crippen LogP contribution in [0.4, 0.5) is 30.5 Å². The summed E-state index contributed by atoms with van der Waals surface area (Å²) >= 11 is 0. The molecule has 0 radical (unpaired) electrons. The van der Waals surface area contributed by atoms with Crippen LogP contribution in [0.15, 0.2) is 35.6 Å². The molecule has 2 saturated heterocycles. The summed E-state index contributed by atoms with van der Waals surface area (Å²) in [6.45, 7) is 1.85. The van der Waals surface area contributed by atoms with Gasteiger partial charge in [-0.2, -0.15) is 10.1 Å². The average molecular weight is 505 g/mol. The molecule has 3 N–H and O–H groups in total. The number of benzene rings is 1. The molecule has 5 rings (SSSR count). The molecule has 0 aliphatic carbocycles. The van der Waals surface area contributed by atoms with Gasteiger partial charge in [0, 0.05) is 24.8 Å². The van der Waals surface area contributed by atoms with E-state index >= 15 is 0 Å². The molecule has 2 aliphatic rings. The van der Waals surface area contributed by atoms with Crippen molar-refractivity contribution < 1.29 is 22.6 Å². The zero-order valence-electron chi connectivity index (χ0n) is 19.6. The first-order valence-electron chi connectivity index (χ1n) is 11.7. The molecule has 0 amide bonds. The molecule has 2 fully saturated rings. The highest BCUT2D eigenvalue weighted by Gasteiger charge is 2.35. The Morgan fingerprint density at radius 2 is 2.14 bits per heavy atom. The van der Waals surface area contributed by atoms with Crippen molar-refractivity contribution in [2.24, 2.45) is 5.11 Å². The molecule has 3 aromatic rings. The lowest BCUT2D eigenvalue weighted by molar-refractivity contribution is -0.0794. The van der Waals surface area contributed by atoms with Crippen LogP contribution >= 0.6 is 0 Å². The first-order chi connectivity index (χ1) is 17.5. The van der Waals surface area contributed by atoms with Crippen LogP contribution in [0.5, 0.6) is 5.88 Å². The Hall–Kier alpha value is -3.45. The van der Waals surface area contributed by atoms with E-state index in [2.05, 4.69) is 30.7 Å². The second-order valence-corrected chi connectivity index (χ2v) is 8.82. The van der Waals surface area contributed by atoms with E-state index in [-0.39, 0.29) is 17.5 Å². The molecule has 2 atom stereocenters. The minimum Gasteiger partial charge on any atom is -0.479 e. The summed E-state index contributed by atoms with van der Waals surface area (Å²) in [7, 11) is 1.48. The fraction of sp³-hybridized carbons (Fsp3) is 0.478. The summed E-state index contributed by atoms with van der Waals surface area (Å²) in [6, 6.07) is 6.62. The van der Waals surface area contributed by atoms with Crippen LogP contribution in [-0.2, 0) is 4.74 Å². The molecule has 0 spiro atoms. The van der Waals surface area contributed by atoms with Gasteiger partial charge >= 0.3 is 0 Å². The van der Waals surface area contributed by atoms with Crippen molar-refractivity contribution in [3.63, 3.8) is 0 Å². The van der Waals surface area contributed by atoms with Crippen molar-refractivity contribution in [2.75, 3.05) is 50.6 Å². The van der Waals surface area contributed by atoms with Crippen molar-refractivity contribution in [2.45, 2.75) is 31.1 Å². The number of nitrogens with zero attached hydrogens (tertiary/aromatic N) is 5.